The molecular weight excluding hydrogens is 436 g/mol. The van der Waals surface area contributed by atoms with Crippen molar-refractivity contribution in [3.8, 4) is 0 Å². The maximum Gasteiger partial charge on any atom is 0.416 e. The van der Waals surface area contributed by atoms with Crippen LogP contribution < -0.4 is 10.6 Å². The summed E-state index contributed by atoms with van der Waals surface area (Å²) < 4.78 is 59.3. The van der Waals surface area contributed by atoms with Crippen molar-refractivity contribution in [1.82, 2.24) is 10.6 Å². The largest absolute Gasteiger partial charge is 0.416 e. The summed E-state index contributed by atoms with van der Waals surface area (Å²) in [6.45, 7) is 0.938. The van der Waals surface area contributed by atoms with Crippen LogP contribution in [0.25, 0.3) is 0 Å². The van der Waals surface area contributed by atoms with E-state index in [1.54, 1.807) is 6.92 Å². The molecule has 4 rings (SSSR count). The molecule has 8 heteroatoms. The molecule has 178 valence electrons. The first-order valence-corrected chi connectivity index (χ1v) is 11.2. The van der Waals surface area contributed by atoms with E-state index in [1.165, 1.54) is 6.07 Å². The predicted octanol–water partition coefficient (Wildman–Crippen LogP) is 5.18. The molecule has 0 bridgehead atoms. The number of carbonyl (C=O) groups is 1. The van der Waals surface area contributed by atoms with Crippen molar-refractivity contribution in [1.29, 1.82) is 0 Å². The number of alkyl halides is 4. The maximum absolute atomic E-state index is 13.3. The van der Waals surface area contributed by atoms with Crippen molar-refractivity contribution < 1.29 is 27.1 Å². The van der Waals surface area contributed by atoms with Gasteiger partial charge in [0.2, 0.25) is 5.91 Å². The number of hydrogen-bond acceptors (Lipinski definition) is 3. The molecule has 0 radical (unpaired) electrons. The third-order valence-corrected chi connectivity index (χ3v) is 6.73. The lowest BCUT2D eigenvalue weighted by Gasteiger charge is -2.48. The summed E-state index contributed by atoms with van der Waals surface area (Å²) in [6.07, 6.45) is -2.59. The quantitative estimate of drug-likeness (QED) is 0.580. The van der Waals surface area contributed by atoms with Gasteiger partial charge >= 0.3 is 6.18 Å². The molecule has 4 atom stereocenters. The van der Waals surface area contributed by atoms with Crippen molar-refractivity contribution in [2.24, 2.45) is 0 Å². The molecule has 4 nitrogen and oxygen atoms in total. The molecule has 0 saturated carbocycles. The highest BCUT2D eigenvalue weighted by Gasteiger charge is 2.44. The summed E-state index contributed by atoms with van der Waals surface area (Å²) in [4.78, 5) is 11.8. The van der Waals surface area contributed by atoms with E-state index in [4.69, 9.17) is 4.74 Å². The van der Waals surface area contributed by atoms with E-state index in [9.17, 15) is 22.4 Å². The molecule has 0 aromatic heterocycles. The van der Waals surface area contributed by atoms with Crippen LogP contribution in [-0.4, -0.2) is 24.6 Å². The molecule has 1 amide bonds. The Bertz CT molecular complexity index is 982. The molecule has 2 heterocycles. The van der Waals surface area contributed by atoms with Crippen LogP contribution in [0.1, 0.15) is 61.0 Å². The van der Waals surface area contributed by atoms with Crippen LogP contribution in [-0.2, 0) is 27.9 Å². The number of nitrogens with one attached hydrogen (secondary N) is 2. The number of ether oxygens (including phenoxy) is 1. The van der Waals surface area contributed by atoms with Gasteiger partial charge in [0.25, 0.3) is 0 Å². The van der Waals surface area contributed by atoms with E-state index in [0.717, 1.165) is 24.1 Å². The Hall–Kier alpha value is -2.45. The van der Waals surface area contributed by atoms with E-state index in [2.05, 4.69) is 10.6 Å². The van der Waals surface area contributed by atoms with E-state index >= 15 is 0 Å². The van der Waals surface area contributed by atoms with E-state index in [0.29, 0.717) is 24.8 Å². The van der Waals surface area contributed by atoms with Crippen molar-refractivity contribution in [3.63, 3.8) is 0 Å². The first-order chi connectivity index (χ1) is 15.7. The lowest BCUT2D eigenvalue weighted by atomic mass is 9.77. The Balaban J connectivity index is 1.57. The first kappa shape index (κ1) is 23.7. The second-order valence-corrected chi connectivity index (χ2v) is 9.00. The van der Waals surface area contributed by atoms with Gasteiger partial charge in [-0.15, -0.1) is 0 Å². The predicted molar refractivity (Wildman–Crippen MR) is 116 cm³/mol. The number of hydrogen-bond donors (Lipinski definition) is 2. The number of carbonyl (C=O) groups excluding carboxylic acids is 1. The van der Waals surface area contributed by atoms with Gasteiger partial charge in [-0.1, -0.05) is 36.4 Å². The van der Waals surface area contributed by atoms with Crippen molar-refractivity contribution in [2.75, 3.05) is 6.61 Å². The van der Waals surface area contributed by atoms with Gasteiger partial charge in [0.05, 0.1) is 23.8 Å². The van der Waals surface area contributed by atoms with E-state index < -0.39 is 30.1 Å². The van der Waals surface area contributed by atoms with Gasteiger partial charge < -0.3 is 15.4 Å². The second kappa shape index (κ2) is 9.43. The average Bonchev–Trinajstić information content (AvgIpc) is 2.82. The Morgan fingerprint density at radius 2 is 1.88 bits per heavy atom. The minimum Gasteiger partial charge on any atom is -0.372 e. The minimum atomic E-state index is -4.56. The van der Waals surface area contributed by atoms with E-state index in [-0.39, 0.29) is 30.2 Å². The van der Waals surface area contributed by atoms with Gasteiger partial charge in [-0.2, -0.15) is 13.2 Å². The average molecular weight is 465 g/mol. The van der Waals surface area contributed by atoms with Crippen LogP contribution in [0.2, 0.25) is 0 Å². The van der Waals surface area contributed by atoms with Crippen LogP contribution >= 0.6 is 0 Å². The Morgan fingerprint density at radius 1 is 1.12 bits per heavy atom. The summed E-state index contributed by atoms with van der Waals surface area (Å²) in [6, 6.07) is 13.3. The van der Waals surface area contributed by atoms with Crippen LogP contribution in [0.5, 0.6) is 0 Å². The van der Waals surface area contributed by atoms with Crippen LogP contribution in [0.15, 0.2) is 48.5 Å². The number of halogens is 4. The molecule has 2 aromatic rings. The van der Waals surface area contributed by atoms with Crippen LogP contribution in [0.4, 0.5) is 17.6 Å². The van der Waals surface area contributed by atoms with Crippen molar-refractivity contribution in [3.05, 3.63) is 70.8 Å². The lowest BCUT2D eigenvalue weighted by molar-refractivity contribution is -0.137. The molecule has 2 fully saturated rings. The monoisotopic (exact) mass is 464 g/mol. The highest BCUT2D eigenvalue weighted by Crippen LogP contribution is 2.37. The molecule has 4 unspecified atom stereocenters. The Labute approximate surface area is 190 Å². The molecule has 0 aliphatic carbocycles. The molecule has 2 saturated heterocycles. The van der Waals surface area contributed by atoms with Gasteiger partial charge in [-0.25, -0.2) is 4.39 Å². The molecule has 2 aromatic carbocycles. The normalized spacial score (nSPS) is 26.4. The topological polar surface area (TPSA) is 50.4 Å². The van der Waals surface area contributed by atoms with Crippen molar-refractivity contribution >= 4 is 5.91 Å². The fraction of sp³-hybridized carbons (Fsp3) is 0.480. The second-order valence-electron chi connectivity index (χ2n) is 9.00. The number of benzene rings is 2. The summed E-state index contributed by atoms with van der Waals surface area (Å²) in [5.41, 5.74) is -0.119. The SMILES string of the molecule is CC(OCC1(c2ccccc2)CCC2NC(=O)CCC2N1)c1cc(CF)cc(C(F)(F)F)c1. The van der Waals surface area contributed by atoms with Crippen LogP contribution in [0.3, 0.4) is 0 Å². The number of amides is 1. The number of piperidine rings is 2. The third kappa shape index (κ3) is 5.22. The summed E-state index contributed by atoms with van der Waals surface area (Å²) in [5.74, 6) is 0.0587. The zero-order valence-corrected chi connectivity index (χ0v) is 18.4. The summed E-state index contributed by atoms with van der Waals surface area (Å²) in [5, 5.41) is 6.74. The lowest BCUT2D eigenvalue weighted by Crippen LogP contribution is -2.64. The molecule has 33 heavy (non-hydrogen) atoms. The smallest absolute Gasteiger partial charge is 0.372 e. The summed E-state index contributed by atoms with van der Waals surface area (Å²) in [7, 11) is 0. The first-order valence-electron chi connectivity index (χ1n) is 11.2. The fourth-order valence-electron chi connectivity index (χ4n) is 4.88. The zero-order chi connectivity index (χ0) is 23.6. The minimum absolute atomic E-state index is 0.0235. The molecular formula is C25H28F4N2O2. The Morgan fingerprint density at radius 3 is 2.58 bits per heavy atom. The van der Waals surface area contributed by atoms with Gasteiger partial charge in [0.15, 0.2) is 0 Å². The van der Waals surface area contributed by atoms with Gasteiger partial charge in [-0.05, 0) is 55.0 Å². The van der Waals surface area contributed by atoms with Gasteiger partial charge in [0.1, 0.15) is 6.67 Å². The molecule has 2 aliphatic heterocycles. The van der Waals surface area contributed by atoms with Crippen molar-refractivity contribution in [2.45, 2.75) is 69.2 Å². The van der Waals surface area contributed by atoms with Gasteiger partial charge in [-0.3, -0.25) is 4.79 Å². The standard InChI is InChI=1S/C25H28F4N2O2/c1-16(18-11-17(14-26)12-20(13-18)25(27,28)29)33-15-24(19-5-3-2-4-6-19)10-9-21-22(31-24)7-8-23(32)30-21/h2-6,11-13,16,21-22,31H,7-10,14-15H2,1H3,(H,30,32). The number of rotatable bonds is 6. The molecule has 2 aliphatic rings. The third-order valence-electron chi connectivity index (χ3n) is 6.73. The van der Waals surface area contributed by atoms with E-state index in [1.807, 2.05) is 30.3 Å². The van der Waals surface area contributed by atoms with Gasteiger partial charge in [0, 0.05) is 18.5 Å². The number of fused-ring (bicyclic) bond motifs is 1. The highest BCUT2D eigenvalue weighted by atomic mass is 19.4. The highest BCUT2D eigenvalue weighted by molar-refractivity contribution is 5.77. The summed E-state index contributed by atoms with van der Waals surface area (Å²) >= 11 is 0. The van der Waals surface area contributed by atoms with Crippen LogP contribution in [0, 0.1) is 0 Å². The fourth-order valence-corrected chi connectivity index (χ4v) is 4.88. The molecule has 0 spiro atoms. The maximum atomic E-state index is 13.3. The zero-order valence-electron chi connectivity index (χ0n) is 18.4. The Kier molecular flexibility index (Phi) is 6.77. The molecule has 2 N–H and O–H groups in total.